The highest BCUT2D eigenvalue weighted by atomic mass is 32.2. The monoisotopic (exact) mass is 359 g/mol. The molecular formula is C18H21N3O3S. The van der Waals surface area contributed by atoms with Crippen molar-refractivity contribution in [2.75, 3.05) is 13.7 Å². The van der Waals surface area contributed by atoms with Crippen LogP contribution in [0.1, 0.15) is 17.0 Å². The van der Waals surface area contributed by atoms with Crippen LogP contribution >= 0.6 is 0 Å². The van der Waals surface area contributed by atoms with Gasteiger partial charge in [0.15, 0.2) is 0 Å². The number of sulfonamides is 1. The summed E-state index contributed by atoms with van der Waals surface area (Å²) in [6.07, 6.45) is 2.45. The summed E-state index contributed by atoms with van der Waals surface area (Å²) in [5, 5.41) is 0. The van der Waals surface area contributed by atoms with E-state index < -0.39 is 10.0 Å². The predicted molar refractivity (Wildman–Crippen MR) is 96.6 cm³/mol. The molecule has 0 atom stereocenters. The van der Waals surface area contributed by atoms with E-state index in [0.717, 1.165) is 22.6 Å². The Labute approximate surface area is 147 Å². The van der Waals surface area contributed by atoms with Crippen LogP contribution in [0.2, 0.25) is 0 Å². The fourth-order valence-electron chi connectivity index (χ4n) is 2.70. The highest BCUT2D eigenvalue weighted by Crippen LogP contribution is 2.24. The Bertz CT molecular complexity index is 1010. The van der Waals surface area contributed by atoms with Crippen LogP contribution in [0.15, 0.2) is 47.5 Å². The molecule has 0 aliphatic carbocycles. The molecule has 25 heavy (non-hydrogen) atoms. The normalized spacial score (nSPS) is 11.8. The molecule has 1 N–H and O–H groups in total. The number of nitrogens with zero attached hydrogens (tertiary/aromatic N) is 2. The molecule has 0 aliphatic rings. The summed E-state index contributed by atoms with van der Waals surface area (Å²) in [5.74, 6) is 0.335. The zero-order valence-electron chi connectivity index (χ0n) is 14.5. The first-order valence-electron chi connectivity index (χ1n) is 7.98. The number of aryl methyl sites for hydroxylation is 2. The van der Waals surface area contributed by atoms with Crippen LogP contribution in [0, 0.1) is 13.8 Å². The number of benzene rings is 1. The molecule has 0 fully saturated rings. The summed E-state index contributed by atoms with van der Waals surface area (Å²) >= 11 is 0. The molecule has 132 valence electrons. The van der Waals surface area contributed by atoms with E-state index in [-0.39, 0.29) is 11.4 Å². The number of fused-ring (bicyclic) bond motifs is 1. The molecule has 7 heteroatoms. The number of aromatic nitrogens is 2. The molecule has 0 saturated carbocycles. The Morgan fingerprint density at radius 2 is 2.00 bits per heavy atom. The SMILES string of the molecule is COc1ccc(C)cc1S(=O)(=O)NCCc1cn2c(C)cccc2n1. The van der Waals surface area contributed by atoms with Crippen LogP contribution in [0.25, 0.3) is 5.65 Å². The van der Waals surface area contributed by atoms with Crippen LogP contribution in [0.4, 0.5) is 0 Å². The third-order valence-electron chi connectivity index (χ3n) is 4.03. The molecule has 1 aromatic carbocycles. The van der Waals surface area contributed by atoms with Crippen molar-refractivity contribution in [3.05, 3.63) is 59.5 Å². The molecule has 3 aromatic rings. The van der Waals surface area contributed by atoms with E-state index in [0.29, 0.717) is 12.2 Å². The largest absolute Gasteiger partial charge is 0.495 e. The van der Waals surface area contributed by atoms with Gasteiger partial charge in [-0.1, -0.05) is 12.1 Å². The van der Waals surface area contributed by atoms with Crippen molar-refractivity contribution < 1.29 is 13.2 Å². The van der Waals surface area contributed by atoms with Gasteiger partial charge in [0.05, 0.1) is 12.8 Å². The molecule has 3 rings (SSSR count). The Morgan fingerprint density at radius 3 is 2.72 bits per heavy atom. The fraction of sp³-hybridized carbons (Fsp3) is 0.278. The zero-order valence-corrected chi connectivity index (χ0v) is 15.3. The quantitative estimate of drug-likeness (QED) is 0.734. The van der Waals surface area contributed by atoms with Gasteiger partial charge in [-0.3, -0.25) is 0 Å². The Morgan fingerprint density at radius 1 is 1.20 bits per heavy atom. The summed E-state index contributed by atoms with van der Waals surface area (Å²) in [6, 6.07) is 11.0. The van der Waals surface area contributed by atoms with Gasteiger partial charge >= 0.3 is 0 Å². The van der Waals surface area contributed by atoms with Crippen molar-refractivity contribution in [1.82, 2.24) is 14.1 Å². The topological polar surface area (TPSA) is 72.7 Å². The van der Waals surface area contributed by atoms with Crippen molar-refractivity contribution in [2.45, 2.75) is 25.2 Å². The van der Waals surface area contributed by atoms with E-state index >= 15 is 0 Å². The summed E-state index contributed by atoms with van der Waals surface area (Å²) in [5.41, 5.74) is 3.64. The molecule has 0 radical (unpaired) electrons. The third-order valence-corrected chi connectivity index (χ3v) is 5.51. The van der Waals surface area contributed by atoms with E-state index in [1.54, 1.807) is 12.1 Å². The molecule has 0 unspecified atom stereocenters. The van der Waals surface area contributed by atoms with Gasteiger partial charge in [0.2, 0.25) is 10.0 Å². The van der Waals surface area contributed by atoms with Crippen molar-refractivity contribution in [1.29, 1.82) is 0 Å². The van der Waals surface area contributed by atoms with Gasteiger partial charge in [-0.25, -0.2) is 18.1 Å². The van der Waals surface area contributed by atoms with Gasteiger partial charge in [-0.05, 0) is 43.7 Å². The Hall–Kier alpha value is -2.38. The van der Waals surface area contributed by atoms with E-state index in [4.69, 9.17) is 4.74 Å². The smallest absolute Gasteiger partial charge is 0.244 e. The summed E-state index contributed by atoms with van der Waals surface area (Å²) in [6.45, 7) is 4.12. The minimum atomic E-state index is -3.64. The number of pyridine rings is 1. The summed E-state index contributed by atoms with van der Waals surface area (Å²) in [7, 11) is -2.18. The van der Waals surface area contributed by atoms with Crippen LogP contribution in [0.5, 0.6) is 5.75 Å². The molecule has 0 saturated heterocycles. The van der Waals surface area contributed by atoms with Crippen molar-refractivity contribution in [3.63, 3.8) is 0 Å². The van der Waals surface area contributed by atoms with Gasteiger partial charge in [0.1, 0.15) is 16.3 Å². The number of hydrogen-bond donors (Lipinski definition) is 1. The molecule has 6 nitrogen and oxygen atoms in total. The molecule has 0 amide bonds. The highest BCUT2D eigenvalue weighted by Gasteiger charge is 2.19. The lowest BCUT2D eigenvalue weighted by atomic mass is 10.2. The van der Waals surface area contributed by atoms with Gasteiger partial charge < -0.3 is 9.14 Å². The van der Waals surface area contributed by atoms with Crippen molar-refractivity contribution in [3.8, 4) is 5.75 Å². The minimum Gasteiger partial charge on any atom is -0.495 e. The molecular weight excluding hydrogens is 338 g/mol. The predicted octanol–water partition coefficient (Wildman–Crippen LogP) is 2.48. The van der Waals surface area contributed by atoms with Crippen LogP contribution in [-0.2, 0) is 16.4 Å². The van der Waals surface area contributed by atoms with Crippen LogP contribution in [-0.4, -0.2) is 31.5 Å². The molecule has 2 heterocycles. The average Bonchev–Trinajstić information content (AvgIpc) is 2.99. The second-order valence-corrected chi connectivity index (χ2v) is 7.67. The lowest BCUT2D eigenvalue weighted by Crippen LogP contribution is -2.26. The molecule has 2 aromatic heterocycles. The lowest BCUT2D eigenvalue weighted by molar-refractivity contribution is 0.402. The maximum Gasteiger partial charge on any atom is 0.244 e. The third kappa shape index (κ3) is 3.67. The minimum absolute atomic E-state index is 0.154. The fourth-order valence-corrected chi connectivity index (χ4v) is 3.99. The van der Waals surface area contributed by atoms with Crippen molar-refractivity contribution in [2.24, 2.45) is 0 Å². The first-order chi connectivity index (χ1) is 11.9. The van der Waals surface area contributed by atoms with Crippen LogP contribution in [0.3, 0.4) is 0 Å². The number of nitrogens with one attached hydrogen (secondary N) is 1. The standard InChI is InChI=1S/C18H21N3O3S/c1-13-7-8-16(24-3)17(11-13)25(22,23)19-10-9-15-12-21-14(2)5-4-6-18(21)20-15/h4-8,11-12,19H,9-10H2,1-3H3. The summed E-state index contributed by atoms with van der Waals surface area (Å²) < 4.78 is 34.9. The summed E-state index contributed by atoms with van der Waals surface area (Å²) in [4.78, 5) is 4.67. The Balaban J connectivity index is 1.74. The lowest BCUT2D eigenvalue weighted by Gasteiger charge is -2.11. The maximum atomic E-state index is 12.6. The Kier molecular flexibility index (Phi) is 4.78. The second-order valence-electron chi connectivity index (χ2n) is 5.93. The number of methoxy groups -OCH3 is 1. The van der Waals surface area contributed by atoms with E-state index in [1.807, 2.05) is 48.7 Å². The van der Waals surface area contributed by atoms with Gasteiger partial charge in [-0.15, -0.1) is 0 Å². The van der Waals surface area contributed by atoms with Gasteiger partial charge in [-0.2, -0.15) is 0 Å². The molecule has 0 spiro atoms. The van der Waals surface area contributed by atoms with Gasteiger partial charge in [0.25, 0.3) is 0 Å². The maximum absolute atomic E-state index is 12.6. The van der Waals surface area contributed by atoms with E-state index in [1.165, 1.54) is 7.11 Å². The highest BCUT2D eigenvalue weighted by molar-refractivity contribution is 7.89. The second kappa shape index (κ2) is 6.85. The van der Waals surface area contributed by atoms with Gasteiger partial charge in [0, 0.05) is 24.9 Å². The van der Waals surface area contributed by atoms with E-state index in [9.17, 15) is 8.42 Å². The first kappa shape index (κ1) is 17.4. The van der Waals surface area contributed by atoms with E-state index in [2.05, 4.69) is 9.71 Å². The number of ether oxygens (including phenoxy) is 1. The molecule has 0 bridgehead atoms. The zero-order chi connectivity index (χ0) is 18.0. The van der Waals surface area contributed by atoms with Crippen LogP contribution < -0.4 is 9.46 Å². The number of imidazole rings is 1. The average molecular weight is 359 g/mol. The number of rotatable bonds is 6. The number of hydrogen-bond acceptors (Lipinski definition) is 4. The van der Waals surface area contributed by atoms with Crippen molar-refractivity contribution >= 4 is 15.7 Å². The first-order valence-corrected chi connectivity index (χ1v) is 9.47. The molecule has 0 aliphatic heterocycles.